The Morgan fingerprint density at radius 3 is 2.93 bits per heavy atom. The van der Waals surface area contributed by atoms with Gasteiger partial charge in [0.15, 0.2) is 11.3 Å². The van der Waals surface area contributed by atoms with Gasteiger partial charge in [0.1, 0.15) is 12.3 Å². The SMILES string of the molecule is CCOc1cccc2cc(C(C)NC(=O)Cn3cnc4ccc(Br)cc4c3=O)oc12. The van der Waals surface area contributed by atoms with Crippen LogP contribution in [0.2, 0.25) is 0 Å². The minimum Gasteiger partial charge on any atom is -0.490 e. The summed E-state index contributed by atoms with van der Waals surface area (Å²) in [7, 11) is 0. The molecule has 2 aromatic heterocycles. The summed E-state index contributed by atoms with van der Waals surface area (Å²) >= 11 is 3.36. The van der Waals surface area contributed by atoms with Crippen molar-refractivity contribution in [1.29, 1.82) is 0 Å². The summed E-state index contributed by atoms with van der Waals surface area (Å²) in [6.45, 7) is 4.14. The molecule has 0 saturated heterocycles. The van der Waals surface area contributed by atoms with E-state index < -0.39 is 0 Å². The van der Waals surface area contributed by atoms with E-state index in [9.17, 15) is 9.59 Å². The Labute approximate surface area is 180 Å². The zero-order valence-electron chi connectivity index (χ0n) is 16.5. The van der Waals surface area contributed by atoms with Crippen molar-refractivity contribution in [2.45, 2.75) is 26.4 Å². The van der Waals surface area contributed by atoms with Crippen LogP contribution >= 0.6 is 15.9 Å². The van der Waals surface area contributed by atoms with Crippen molar-refractivity contribution in [1.82, 2.24) is 14.9 Å². The fraction of sp³-hybridized carbons (Fsp3) is 0.227. The Morgan fingerprint density at radius 2 is 2.13 bits per heavy atom. The van der Waals surface area contributed by atoms with Crippen molar-refractivity contribution in [3.8, 4) is 5.75 Å². The molecule has 0 fully saturated rings. The average Bonchev–Trinajstić information content (AvgIpc) is 3.16. The zero-order chi connectivity index (χ0) is 21.3. The monoisotopic (exact) mass is 469 g/mol. The second-order valence-corrected chi connectivity index (χ2v) is 7.80. The third-order valence-corrected chi connectivity index (χ3v) is 5.22. The van der Waals surface area contributed by atoms with Crippen LogP contribution in [0.15, 0.2) is 62.5 Å². The number of rotatable bonds is 6. The molecule has 1 unspecified atom stereocenters. The van der Waals surface area contributed by atoms with Crippen LogP contribution in [0, 0.1) is 0 Å². The molecule has 0 spiro atoms. The van der Waals surface area contributed by atoms with Crippen molar-refractivity contribution in [2.75, 3.05) is 6.61 Å². The smallest absolute Gasteiger partial charge is 0.261 e. The molecule has 4 aromatic rings. The van der Waals surface area contributed by atoms with E-state index in [0.29, 0.717) is 34.6 Å². The molecule has 0 saturated carbocycles. The lowest BCUT2D eigenvalue weighted by atomic mass is 10.2. The first-order valence-electron chi connectivity index (χ1n) is 9.55. The third-order valence-electron chi connectivity index (χ3n) is 4.73. The molecular weight excluding hydrogens is 450 g/mol. The molecule has 1 atom stereocenters. The first-order chi connectivity index (χ1) is 14.5. The normalized spacial score (nSPS) is 12.2. The molecule has 0 bridgehead atoms. The van der Waals surface area contributed by atoms with Crippen LogP contribution in [0.25, 0.3) is 21.9 Å². The number of furan rings is 1. The highest BCUT2D eigenvalue weighted by Gasteiger charge is 2.17. The quantitative estimate of drug-likeness (QED) is 0.457. The number of amides is 1. The minimum absolute atomic E-state index is 0.136. The van der Waals surface area contributed by atoms with Crippen LogP contribution in [0.1, 0.15) is 25.6 Å². The summed E-state index contributed by atoms with van der Waals surface area (Å²) in [4.78, 5) is 29.5. The van der Waals surface area contributed by atoms with Gasteiger partial charge in [0.2, 0.25) is 5.91 Å². The molecule has 4 rings (SSSR count). The zero-order valence-corrected chi connectivity index (χ0v) is 18.1. The number of carbonyl (C=O) groups is 1. The maximum atomic E-state index is 12.7. The first-order valence-corrected chi connectivity index (χ1v) is 10.3. The molecule has 0 radical (unpaired) electrons. The second kappa shape index (κ2) is 8.31. The van der Waals surface area contributed by atoms with Crippen molar-refractivity contribution >= 4 is 43.7 Å². The molecule has 2 aromatic carbocycles. The number of fused-ring (bicyclic) bond motifs is 2. The van der Waals surface area contributed by atoms with Crippen LogP contribution in [0.4, 0.5) is 0 Å². The van der Waals surface area contributed by atoms with Crippen LogP contribution in [0.5, 0.6) is 5.75 Å². The standard InChI is InChI=1S/C22H20BrN3O4/c1-3-29-18-6-4-5-14-9-19(30-21(14)18)13(2)25-20(27)11-26-12-24-17-8-7-15(23)10-16(17)22(26)28/h4-10,12-13H,3,11H2,1-2H3,(H,25,27). The lowest BCUT2D eigenvalue weighted by molar-refractivity contribution is -0.122. The number of aromatic nitrogens is 2. The van der Waals surface area contributed by atoms with Crippen LogP contribution in [0.3, 0.4) is 0 Å². The topological polar surface area (TPSA) is 86.4 Å². The molecule has 154 valence electrons. The lowest BCUT2D eigenvalue weighted by Crippen LogP contribution is -2.33. The largest absolute Gasteiger partial charge is 0.490 e. The van der Waals surface area contributed by atoms with Crippen LogP contribution in [-0.2, 0) is 11.3 Å². The number of para-hydroxylation sites is 1. The van der Waals surface area contributed by atoms with Gasteiger partial charge in [-0.05, 0) is 44.2 Å². The Kier molecular flexibility index (Phi) is 5.59. The maximum Gasteiger partial charge on any atom is 0.261 e. The molecule has 1 N–H and O–H groups in total. The number of hydrogen-bond acceptors (Lipinski definition) is 5. The summed E-state index contributed by atoms with van der Waals surface area (Å²) < 4.78 is 13.6. The van der Waals surface area contributed by atoms with Gasteiger partial charge in [-0.3, -0.25) is 14.2 Å². The molecule has 2 heterocycles. The summed E-state index contributed by atoms with van der Waals surface area (Å²) in [5.41, 5.74) is 0.964. The van der Waals surface area contributed by atoms with E-state index in [1.54, 1.807) is 12.1 Å². The van der Waals surface area contributed by atoms with Gasteiger partial charge in [0.05, 0.1) is 29.9 Å². The maximum absolute atomic E-state index is 12.7. The number of carbonyl (C=O) groups excluding carboxylic acids is 1. The summed E-state index contributed by atoms with van der Waals surface area (Å²) in [6, 6.07) is 12.4. The molecule has 1 amide bonds. The Balaban J connectivity index is 1.52. The highest BCUT2D eigenvalue weighted by molar-refractivity contribution is 9.10. The highest BCUT2D eigenvalue weighted by Crippen LogP contribution is 2.31. The molecule has 8 heteroatoms. The predicted molar refractivity (Wildman–Crippen MR) is 118 cm³/mol. The summed E-state index contributed by atoms with van der Waals surface area (Å²) in [5.74, 6) is 0.962. The average molecular weight is 470 g/mol. The Hall–Kier alpha value is -3.13. The minimum atomic E-state index is -0.377. The van der Waals surface area contributed by atoms with E-state index in [2.05, 4.69) is 26.2 Å². The Bertz CT molecular complexity index is 1290. The van der Waals surface area contributed by atoms with E-state index in [0.717, 1.165) is 9.86 Å². The lowest BCUT2D eigenvalue weighted by Gasteiger charge is -2.12. The number of hydrogen-bond donors (Lipinski definition) is 1. The number of nitrogens with zero attached hydrogens (tertiary/aromatic N) is 2. The van der Waals surface area contributed by atoms with E-state index >= 15 is 0 Å². The van der Waals surface area contributed by atoms with Crippen molar-refractivity contribution in [3.05, 3.63) is 69.4 Å². The van der Waals surface area contributed by atoms with E-state index in [4.69, 9.17) is 9.15 Å². The fourth-order valence-electron chi connectivity index (χ4n) is 3.30. The fourth-order valence-corrected chi connectivity index (χ4v) is 3.66. The third kappa shape index (κ3) is 3.95. The van der Waals surface area contributed by atoms with Gasteiger partial charge in [0.25, 0.3) is 5.56 Å². The van der Waals surface area contributed by atoms with Crippen molar-refractivity contribution in [2.24, 2.45) is 0 Å². The molecule has 0 aliphatic heterocycles. The second-order valence-electron chi connectivity index (χ2n) is 6.88. The summed E-state index contributed by atoms with van der Waals surface area (Å²) in [6.07, 6.45) is 1.39. The first kappa shape index (κ1) is 20.2. The number of ether oxygens (including phenoxy) is 1. The number of halogens is 1. The van der Waals surface area contributed by atoms with Crippen molar-refractivity contribution < 1.29 is 13.9 Å². The van der Waals surface area contributed by atoms with Gasteiger partial charge in [-0.2, -0.15) is 0 Å². The van der Waals surface area contributed by atoms with Gasteiger partial charge >= 0.3 is 0 Å². The van der Waals surface area contributed by atoms with Crippen LogP contribution < -0.4 is 15.6 Å². The summed E-state index contributed by atoms with van der Waals surface area (Å²) in [5, 5.41) is 4.23. The predicted octanol–water partition coefficient (Wildman–Crippen LogP) is 4.18. The molecule has 0 aliphatic carbocycles. The van der Waals surface area contributed by atoms with Crippen LogP contribution in [-0.4, -0.2) is 22.1 Å². The van der Waals surface area contributed by atoms with Gasteiger partial charge in [-0.1, -0.05) is 28.1 Å². The number of benzene rings is 2. The number of nitrogens with one attached hydrogen (secondary N) is 1. The van der Waals surface area contributed by atoms with E-state index in [1.807, 2.05) is 44.2 Å². The highest BCUT2D eigenvalue weighted by atomic mass is 79.9. The van der Waals surface area contributed by atoms with E-state index in [1.165, 1.54) is 10.9 Å². The molecule has 0 aliphatic rings. The van der Waals surface area contributed by atoms with Gasteiger partial charge < -0.3 is 14.5 Å². The molecular formula is C22H20BrN3O4. The van der Waals surface area contributed by atoms with Gasteiger partial charge in [-0.25, -0.2) is 4.98 Å². The van der Waals surface area contributed by atoms with Gasteiger partial charge in [-0.15, -0.1) is 0 Å². The van der Waals surface area contributed by atoms with Gasteiger partial charge in [0, 0.05) is 9.86 Å². The van der Waals surface area contributed by atoms with E-state index in [-0.39, 0.29) is 24.1 Å². The molecule has 7 nitrogen and oxygen atoms in total. The Morgan fingerprint density at radius 1 is 1.30 bits per heavy atom. The molecule has 30 heavy (non-hydrogen) atoms. The van der Waals surface area contributed by atoms with Crippen molar-refractivity contribution in [3.63, 3.8) is 0 Å².